The van der Waals surface area contributed by atoms with Gasteiger partial charge in [0.2, 0.25) is 17.6 Å². The monoisotopic (exact) mass is 482 g/mol. The first kappa shape index (κ1) is 24.2. The lowest BCUT2D eigenvalue weighted by atomic mass is 9.94. The number of benzene rings is 3. The van der Waals surface area contributed by atoms with E-state index in [0.29, 0.717) is 37.3 Å². The summed E-state index contributed by atoms with van der Waals surface area (Å²) in [6.07, 6.45) is 2.85. The Balaban J connectivity index is 1.12. The zero-order valence-corrected chi connectivity index (χ0v) is 21.1. The van der Waals surface area contributed by atoms with Gasteiger partial charge in [-0.3, -0.25) is 9.69 Å². The highest BCUT2D eigenvalue weighted by Crippen LogP contribution is 2.23. The molecule has 2 heterocycles. The molecule has 0 aliphatic carbocycles. The average Bonchev–Trinajstić information content (AvgIpc) is 3.36. The van der Waals surface area contributed by atoms with Crippen LogP contribution < -0.4 is 5.32 Å². The van der Waals surface area contributed by atoms with Gasteiger partial charge in [0.05, 0.1) is 12.5 Å². The van der Waals surface area contributed by atoms with Crippen molar-refractivity contribution in [2.75, 3.05) is 19.6 Å². The quantitative estimate of drug-likeness (QED) is 0.364. The molecule has 1 aliphatic rings. The summed E-state index contributed by atoms with van der Waals surface area (Å²) in [4.78, 5) is 19.8. The Morgan fingerprint density at radius 3 is 2.78 bits per heavy atom. The molecular formula is C30H34N4O2. The summed E-state index contributed by atoms with van der Waals surface area (Å²) in [5.74, 6) is 1.70. The second kappa shape index (κ2) is 11.0. The van der Waals surface area contributed by atoms with Gasteiger partial charge in [0.25, 0.3) is 0 Å². The van der Waals surface area contributed by atoms with Crippen LogP contribution in [0.4, 0.5) is 0 Å². The van der Waals surface area contributed by atoms with Crippen LogP contribution in [0.15, 0.2) is 71.3 Å². The Labute approximate surface area is 212 Å². The number of fused-ring (bicyclic) bond motifs is 1. The van der Waals surface area contributed by atoms with Crippen LogP contribution in [0.5, 0.6) is 0 Å². The lowest BCUT2D eigenvalue weighted by Gasteiger charge is -2.31. The van der Waals surface area contributed by atoms with Gasteiger partial charge in [-0.1, -0.05) is 84.4 Å². The fourth-order valence-corrected chi connectivity index (χ4v) is 5.08. The molecule has 4 aromatic rings. The number of hydrogen-bond donors (Lipinski definition) is 1. The molecule has 5 rings (SSSR count). The molecule has 0 radical (unpaired) electrons. The molecular weight excluding hydrogens is 448 g/mol. The van der Waals surface area contributed by atoms with E-state index in [4.69, 9.17) is 4.52 Å². The highest BCUT2D eigenvalue weighted by molar-refractivity contribution is 5.85. The van der Waals surface area contributed by atoms with Gasteiger partial charge in [-0.05, 0) is 55.0 Å². The minimum atomic E-state index is -0.0111. The number of aryl methyl sites for hydroxylation is 1. The third-order valence-electron chi connectivity index (χ3n) is 7.09. The Kier molecular flexibility index (Phi) is 7.42. The van der Waals surface area contributed by atoms with Crippen molar-refractivity contribution in [3.05, 3.63) is 83.7 Å². The second-order valence-corrected chi connectivity index (χ2v) is 10.1. The minimum absolute atomic E-state index is 0.0111. The van der Waals surface area contributed by atoms with Crippen molar-refractivity contribution >= 4 is 16.7 Å². The van der Waals surface area contributed by atoms with Crippen molar-refractivity contribution < 1.29 is 9.32 Å². The number of nitrogens with zero attached hydrogens (tertiary/aromatic N) is 3. The Hall–Kier alpha value is -3.51. The summed E-state index contributed by atoms with van der Waals surface area (Å²) >= 11 is 0. The van der Waals surface area contributed by atoms with Gasteiger partial charge in [0.15, 0.2) is 0 Å². The van der Waals surface area contributed by atoms with E-state index in [1.807, 2.05) is 24.3 Å². The van der Waals surface area contributed by atoms with Crippen molar-refractivity contribution in [1.82, 2.24) is 20.4 Å². The fourth-order valence-electron chi connectivity index (χ4n) is 5.08. The highest BCUT2D eigenvalue weighted by Gasteiger charge is 2.27. The van der Waals surface area contributed by atoms with Gasteiger partial charge in [-0.15, -0.1) is 0 Å². The average molecular weight is 483 g/mol. The second-order valence-electron chi connectivity index (χ2n) is 10.1. The molecule has 0 saturated carbocycles. The van der Waals surface area contributed by atoms with Gasteiger partial charge in [0.1, 0.15) is 0 Å². The molecule has 36 heavy (non-hydrogen) atoms. The molecule has 6 heteroatoms. The Morgan fingerprint density at radius 1 is 1.11 bits per heavy atom. The van der Waals surface area contributed by atoms with Crippen molar-refractivity contribution in [3.63, 3.8) is 0 Å². The van der Waals surface area contributed by atoms with Crippen molar-refractivity contribution in [2.24, 2.45) is 11.8 Å². The molecule has 1 fully saturated rings. The number of carbonyl (C=O) groups excluding carboxylic acids is 1. The molecule has 0 spiro atoms. The lowest BCUT2D eigenvalue weighted by Crippen LogP contribution is -2.43. The zero-order valence-electron chi connectivity index (χ0n) is 21.1. The molecule has 1 saturated heterocycles. The summed E-state index contributed by atoms with van der Waals surface area (Å²) < 4.78 is 5.51. The molecule has 0 bridgehead atoms. The molecule has 1 amide bonds. The van der Waals surface area contributed by atoms with Crippen LogP contribution in [0.2, 0.25) is 0 Å². The van der Waals surface area contributed by atoms with Gasteiger partial charge in [-0.25, -0.2) is 0 Å². The summed E-state index contributed by atoms with van der Waals surface area (Å²) in [5.41, 5.74) is 3.48. The highest BCUT2D eigenvalue weighted by atomic mass is 16.5. The minimum Gasteiger partial charge on any atom is -0.356 e. The van der Waals surface area contributed by atoms with Crippen molar-refractivity contribution in [3.8, 4) is 11.4 Å². The number of rotatable bonds is 8. The smallest absolute Gasteiger partial charge is 0.241 e. The van der Waals surface area contributed by atoms with Crippen molar-refractivity contribution in [1.29, 1.82) is 0 Å². The van der Waals surface area contributed by atoms with Gasteiger partial charge in [-0.2, -0.15) is 4.98 Å². The first-order valence-electron chi connectivity index (χ1n) is 12.9. The standard InChI is InChI=1S/C30H34N4O2/c1-21-12-14-24(15-13-21)29-32-28(36-33-29)20-34-16-6-10-26(19-34)30(35)31-18-22(2)17-25-9-5-8-23-7-3-4-11-27(23)25/h3-5,7-9,11-15,22,26H,6,10,16-20H2,1-2H3,(H,31,35). The predicted octanol–water partition coefficient (Wildman–Crippen LogP) is 5.41. The van der Waals surface area contributed by atoms with Crippen LogP contribution in [0, 0.1) is 18.8 Å². The van der Waals surface area contributed by atoms with E-state index in [1.165, 1.54) is 21.9 Å². The maximum absolute atomic E-state index is 13.0. The van der Waals surface area contributed by atoms with E-state index in [9.17, 15) is 4.79 Å². The number of hydrogen-bond acceptors (Lipinski definition) is 5. The zero-order chi connectivity index (χ0) is 24.9. The van der Waals surface area contributed by atoms with Crippen molar-refractivity contribution in [2.45, 2.75) is 39.7 Å². The predicted molar refractivity (Wildman–Crippen MR) is 142 cm³/mol. The van der Waals surface area contributed by atoms with E-state index < -0.39 is 0 Å². The number of nitrogens with one attached hydrogen (secondary N) is 1. The van der Waals surface area contributed by atoms with E-state index in [-0.39, 0.29) is 11.8 Å². The van der Waals surface area contributed by atoms with E-state index in [2.05, 4.69) is 76.7 Å². The van der Waals surface area contributed by atoms with Gasteiger partial charge >= 0.3 is 0 Å². The summed E-state index contributed by atoms with van der Waals surface area (Å²) in [7, 11) is 0. The molecule has 6 nitrogen and oxygen atoms in total. The maximum Gasteiger partial charge on any atom is 0.241 e. The normalized spacial score (nSPS) is 17.2. The Bertz CT molecular complexity index is 1310. The van der Waals surface area contributed by atoms with Crippen LogP contribution in [0.1, 0.15) is 36.8 Å². The molecule has 1 aromatic heterocycles. The van der Waals surface area contributed by atoms with Gasteiger partial charge in [0, 0.05) is 18.7 Å². The largest absolute Gasteiger partial charge is 0.356 e. The number of carbonyl (C=O) groups is 1. The number of amides is 1. The third kappa shape index (κ3) is 5.82. The summed E-state index contributed by atoms with van der Waals surface area (Å²) in [6.45, 7) is 7.16. The molecule has 1 N–H and O–H groups in total. The van der Waals surface area contributed by atoms with E-state index in [0.717, 1.165) is 31.4 Å². The maximum atomic E-state index is 13.0. The molecule has 186 valence electrons. The van der Waals surface area contributed by atoms with Crippen LogP contribution in [0.3, 0.4) is 0 Å². The summed E-state index contributed by atoms with van der Waals surface area (Å²) in [5, 5.41) is 9.93. The van der Waals surface area contributed by atoms with E-state index >= 15 is 0 Å². The first-order valence-corrected chi connectivity index (χ1v) is 12.9. The first-order chi connectivity index (χ1) is 17.5. The molecule has 2 atom stereocenters. The lowest BCUT2D eigenvalue weighted by molar-refractivity contribution is -0.127. The van der Waals surface area contributed by atoms with Crippen LogP contribution >= 0.6 is 0 Å². The number of likely N-dealkylation sites (tertiary alicyclic amines) is 1. The van der Waals surface area contributed by atoms with Crippen LogP contribution in [-0.4, -0.2) is 40.6 Å². The third-order valence-corrected chi connectivity index (χ3v) is 7.09. The molecule has 3 aromatic carbocycles. The summed E-state index contributed by atoms with van der Waals surface area (Å²) in [6, 6.07) is 23.1. The van der Waals surface area contributed by atoms with Crippen LogP contribution in [-0.2, 0) is 17.8 Å². The topological polar surface area (TPSA) is 71.3 Å². The number of aromatic nitrogens is 2. The SMILES string of the molecule is Cc1ccc(-c2noc(CN3CCCC(C(=O)NCC(C)Cc4cccc5ccccc45)C3)n2)cc1. The fraction of sp³-hybridized carbons (Fsp3) is 0.367. The van der Waals surface area contributed by atoms with E-state index in [1.54, 1.807) is 0 Å². The Morgan fingerprint density at radius 2 is 1.92 bits per heavy atom. The molecule has 2 unspecified atom stereocenters. The van der Waals surface area contributed by atoms with Crippen LogP contribution in [0.25, 0.3) is 22.2 Å². The number of piperidine rings is 1. The molecule has 1 aliphatic heterocycles. The van der Waals surface area contributed by atoms with Gasteiger partial charge < -0.3 is 9.84 Å².